The van der Waals surface area contributed by atoms with Crippen molar-refractivity contribution >= 4 is 45.3 Å². The highest BCUT2D eigenvalue weighted by Crippen LogP contribution is 2.51. The Morgan fingerprint density at radius 1 is 0.397 bits per heavy atom. The lowest BCUT2D eigenvalue weighted by Crippen LogP contribution is -2.28. The van der Waals surface area contributed by atoms with E-state index in [1.54, 1.807) is 44.2 Å². The maximum atomic E-state index is 15.8. The Labute approximate surface area is 442 Å². The number of benzene rings is 2. The third-order valence-corrected chi connectivity index (χ3v) is 19.9. The van der Waals surface area contributed by atoms with Crippen molar-refractivity contribution in [3.8, 4) is 29.3 Å². The molecule has 0 amide bonds. The van der Waals surface area contributed by atoms with Crippen molar-refractivity contribution in [3.63, 3.8) is 0 Å². The first-order chi connectivity index (χ1) is 35.1. The molecule has 14 heteroatoms. The zero-order valence-corrected chi connectivity index (χ0v) is 46.2. The Kier molecular flexibility index (Phi) is 22.6. The standard InChI is InChI=1S/C59H70F10S4/c1-6-10-12-14-16-18-20-22-24-26-28-36-34-43(72-57(36)42-33-32-41(71-42)40-31-30-39(70-40)38(8-3)45-47(60)51(64)55(68)52(65)48(45)61)44-35-37(29-27-25-23-21-19-17-15-13-11-7-2)58(73-44)59(5,9-4)46-49(62)53(66)56(69)54(67)50(46)63/h30-35,38H,6-29H2,1-5H3. The highest BCUT2D eigenvalue weighted by molar-refractivity contribution is 7.28. The molecular formula is C59H70F10S4. The van der Waals surface area contributed by atoms with Gasteiger partial charge in [0.05, 0.1) is 0 Å². The smallest absolute Gasteiger partial charge is 0.200 e. The number of hydrogen-bond acceptors (Lipinski definition) is 4. The minimum Gasteiger partial charge on any atom is -0.203 e. The van der Waals surface area contributed by atoms with Crippen molar-refractivity contribution in [2.45, 2.75) is 200 Å². The van der Waals surface area contributed by atoms with Crippen LogP contribution in [-0.4, -0.2) is 0 Å². The van der Waals surface area contributed by atoms with Crippen LogP contribution in [0.5, 0.6) is 0 Å². The highest BCUT2D eigenvalue weighted by atomic mass is 32.1. The van der Waals surface area contributed by atoms with E-state index in [4.69, 9.17) is 0 Å². The van der Waals surface area contributed by atoms with Crippen molar-refractivity contribution in [2.24, 2.45) is 0 Å². The summed E-state index contributed by atoms with van der Waals surface area (Å²) < 4.78 is 149. The lowest BCUT2D eigenvalue weighted by molar-refractivity contribution is 0.351. The maximum absolute atomic E-state index is 15.8. The van der Waals surface area contributed by atoms with E-state index in [1.165, 1.54) is 111 Å². The van der Waals surface area contributed by atoms with Crippen LogP contribution < -0.4 is 0 Å². The molecule has 2 unspecified atom stereocenters. The van der Waals surface area contributed by atoms with Crippen LogP contribution in [-0.2, 0) is 18.3 Å². The molecule has 0 aliphatic rings. The molecule has 73 heavy (non-hydrogen) atoms. The number of unbranched alkanes of at least 4 members (excludes halogenated alkanes) is 18. The topological polar surface area (TPSA) is 0 Å². The molecule has 0 aliphatic carbocycles. The molecule has 4 aromatic heterocycles. The van der Waals surface area contributed by atoms with Gasteiger partial charge in [-0.2, -0.15) is 0 Å². The average molecular weight is 1100 g/mol. The van der Waals surface area contributed by atoms with E-state index in [0.29, 0.717) is 16.2 Å². The Hall–Kier alpha value is -3.46. The SMILES string of the molecule is CCCCCCCCCCCCc1cc(-c2cc(CCCCCCCCCCCC)c(C(C)(CC)c3c(F)c(F)c(F)c(F)c3F)s2)sc1-c1ccc(-c2ccc(C(CC)c3c(F)c(F)c(F)c(F)c3F)s2)s1. The average Bonchev–Trinajstić information content (AvgIpc) is 4.24. The number of rotatable bonds is 31. The number of aryl methyl sites for hydroxylation is 2. The molecule has 2 aromatic carbocycles. The molecule has 0 saturated carbocycles. The molecule has 0 radical (unpaired) electrons. The second-order valence-corrected chi connectivity index (χ2v) is 24.0. The Balaban J connectivity index is 1.34. The van der Waals surface area contributed by atoms with Gasteiger partial charge in [0.15, 0.2) is 46.5 Å². The van der Waals surface area contributed by atoms with Gasteiger partial charge in [0, 0.05) is 61.5 Å². The Morgan fingerprint density at radius 2 is 0.795 bits per heavy atom. The molecule has 0 N–H and O–H groups in total. The number of halogens is 10. The van der Waals surface area contributed by atoms with E-state index in [2.05, 4.69) is 26.0 Å². The van der Waals surface area contributed by atoms with E-state index >= 15 is 17.6 Å². The molecule has 0 bridgehead atoms. The van der Waals surface area contributed by atoms with Crippen molar-refractivity contribution in [1.29, 1.82) is 0 Å². The third kappa shape index (κ3) is 13.9. The van der Waals surface area contributed by atoms with Gasteiger partial charge in [-0.25, -0.2) is 43.9 Å². The molecule has 4 heterocycles. The van der Waals surface area contributed by atoms with Crippen LogP contribution in [0.4, 0.5) is 43.9 Å². The van der Waals surface area contributed by atoms with Crippen LogP contribution >= 0.6 is 45.3 Å². The molecule has 0 aliphatic heterocycles. The predicted octanol–water partition coefficient (Wildman–Crippen LogP) is 22.5. The molecule has 0 nitrogen and oxygen atoms in total. The summed E-state index contributed by atoms with van der Waals surface area (Å²) in [7, 11) is 0. The molecule has 6 rings (SSSR count). The van der Waals surface area contributed by atoms with Gasteiger partial charge in [-0.3, -0.25) is 0 Å². The fraction of sp³-hybridized carbons (Fsp3) is 0.525. The molecule has 6 aromatic rings. The maximum Gasteiger partial charge on any atom is 0.200 e. The summed E-state index contributed by atoms with van der Waals surface area (Å²) in [5.74, 6) is -20.6. The van der Waals surface area contributed by atoms with Crippen LogP contribution in [0.25, 0.3) is 29.3 Å². The molecule has 0 spiro atoms. The minimum absolute atomic E-state index is 0.0823. The lowest BCUT2D eigenvalue weighted by atomic mass is 9.76. The monoisotopic (exact) mass is 1100 g/mol. The van der Waals surface area contributed by atoms with Crippen molar-refractivity contribution < 1.29 is 43.9 Å². The quantitative estimate of drug-likeness (QED) is 0.0176. The summed E-state index contributed by atoms with van der Waals surface area (Å²) in [6.45, 7) is 9.34. The highest BCUT2D eigenvalue weighted by Gasteiger charge is 2.41. The van der Waals surface area contributed by atoms with E-state index < -0.39 is 80.6 Å². The fourth-order valence-corrected chi connectivity index (χ4v) is 15.2. The zero-order valence-electron chi connectivity index (χ0n) is 42.9. The summed E-state index contributed by atoms with van der Waals surface area (Å²) in [6, 6.07) is 11.7. The summed E-state index contributed by atoms with van der Waals surface area (Å²) >= 11 is 5.70. The van der Waals surface area contributed by atoms with Crippen molar-refractivity contribution in [3.05, 3.63) is 127 Å². The lowest BCUT2D eigenvalue weighted by Gasteiger charge is -2.30. The second-order valence-electron chi connectivity index (χ2n) is 19.7. The third-order valence-electron chi connectivity index (χ3n) is 14.5. The number of hydrogen-bond donors (Lipinski definition) is 0. The Bertz CT molecular complexity index is 2650. The minimum atomic E-state index is -2.19. The van der Waals surface area contributed by atoms with Crippen molar-refractivity contribution in [1.82, 2.24) is 0 Å². The van der Waals surface area contributed by atoms with Crippen molar-refractivity contribution in [2.75, 3.05) is 0 Å². The van der Waals surface area contributed by atoms with Gasteiger partial charge in [-0.1, -0.05) is 150 Å². The summed E-state index contributed by atoms with van der Waals surface area (Å²) in [5, 5.41) is 0. The van der Waals surface area contributed by atoms with Gasteiger partial charge in [0.25, 0.3) is 0 Å². The van der Waals surface area contributed by atoms with E-state index in [0.717, 1.165) is 98.2 Å². The van der Waals surface area contributed by atoms with E-state index in [9.17, 15) is 26.3 Å². The van der Waals surface area contributed by atoms with Gasteiger partial charge >= 0.3 is 0 Å². The van der Waals surface area contributed by atoms with Gasteiger partial charge < -0.3 is 0 Å². The van der Waals surface area contributed by atoms with Crippen LogP contribution in [0.3, 0.4) is 0 Å². The van der Waals surface area contributed by atoms with Crippen LogP contribution in [0.1, 0.15) is 214 Å². The van der Waals surface area contributed by atoms with Gasteiger partial charge in [0.1, 0.15) is 0 Å². The van der Waals surface area contributed by atoms with E-state index in [-0.39, 0.29) is 12.8 Å². The van der Waals surface area contributed by atoms with Gasteiger partial charge in [-0.15, -0.1) is 45.3 Å². The first kappa shape index (κ1) is 58.8. The normalized spacial score (nSPS) is 13.1. The Morgan fingerprint density at radius 3 is 1.29 bits per heavy atom. The summed E-state index contributed by atoms with van der Waals surface area (Å²) in [4.78, 5) is 6.45. The van der Waals surface area contributed by atoms with Gasteiger partial charge in [0.2, 0.25) is 11.6 Å². The number of thiophene rings is 4. The zero-order chi connectivity index (χ0) is 52.8. The molecular weight excluding hydrogens is 1030 g/mol. The first-order valence-corrected chi connectivity index (χ1v) is 29.9. The summed E-state index contributed by atoms with van der Waals surface area (Å²) in [6.07, 6.45) is 24.5. The van der Waals surface area contributed by atoms with Crippen LogP contribution in [0.15, 0.2) is 36.4 Å². The van der Waals surface area contributed by atoms with Crippen LogP contribution in [0, 0.1) is 58.2 Å². The molecule has 0 saturated heterocycles. The largest absolute Gasteiger partial charge is 0.203 e. The fourth-order valence-electron chi connectivity index (χ4n) is 10.0. The summed E-state index contributed by atoms with van der Waals surface area (Å²) in [5.41, 5.74) is -1.24. The predicted molar refractivity (Wildman–Crippen MR) is 287 cm³/mol. The van der Waals surface area contributed by atoms with E-state index in [1.807, 2.05) is 12.1 Å². The van der Waals surface area contributed by atoms with Crippen LogP contribution in [0.2, 0.25) is 0 Å². The first-order valence-electron chi connectivity index (χ1n) is 26.6. The van der Waals surface area contributed by atoms with Gasteiger partial charge in [-0.05, 0) is 86.1 Å². The second kappa shape index (κ2) is 28.1. The molecule has 0 fully saturated rings. The molecule has 400 valence electrons. The molecule has 2 atom stereocenters.